The van der Waals surface area contributed by atoms with E-state index in [-0.39, 0.29) is 63.0 Å². The van der Waals surface area contributed by atoms with Gasteiger partial charge in [-0.3, -0.25) is 77.1 Å². The minimum atomic E-state index is -1.96. The third-order valence-electron chi connectivity index (χ3n) is 11.8. The van der Waals surface area contributed by atoms with Crippen LogP contribution in [0.4, 0.5) is 0 Å². The second kappa shape index (κ2) is 38.6. The summed E-state index contributed by atoms with van der Waals surface area (Å²) in [5.74, 6) is -17.1. The van der Waals surface area contributed by atoms with Gasteiger partial charge >= 0.3 is 11.9 Å². The quantitative estimate of drug-likeness (QED) is 0.0154. The first-order valence-corrected chi connectivity index (χ1v) is 26.2. The summed E-state index contributed by atoms with van der Waals surface area (Å²) in [6.45, 7) is 5.14. The van der Waals surface area contributed by atoms with Crippen molar-refractivity contribution in [3.05, 3.63) is 0 Å². The molecule has 0 aliphatic carbocycles. The second-order valence-corrected chi connectivity index (χ2v) is 19.4. The molecule has 0 aromatic heterocycles. The fraction of sp³-hybridized carbons (Fsp3) is 0.660. The summed E-state index contributed by atoms with van der Waals surface area (Å²) in [6, 6.07) is -14.1. The average molecular weight is 1190 g/mol. The first kappa shape index (κ1) is 74.0. The zero-order valence-electron chi connectivity index (χ0n) is 47.0. The molecule has 0 fully saturated rings. The Morgan fingerprint density at radius 1 is 0.470 bits per heavy atom. The van der Waals surface area contributed by atoms with Gasteiger partial charge in [-0.2, -0.15) is 0 Å². The van der Waals surface area contributed by atoms with E-state index in [0.717, 1.165) is 0 Å². The first-order chi connectivity index (χ1) is 38.7. The van der Waals surface area contributed by atoms with Crippen molar-refractivity contribution >= 4 is 94.7 Å². The number of carboxylic acid groups (broad SMARTS) is 2. The fourth-order valence-electron chi connectivity index (χ4n) is 7.21. The van der Waals surface area contributed by atoms with Crippen LogP contribution in [0.3, 0.4) is 0 Å². The van der Waals surface area contributed by atoms with Gasteiger partial charge in [0, 0.05) is 19.5 Å². The fourth-order valence-corrected chi connectivity index (χ4v) is 7.21. The van der Waals surface area contributed by atoms with E-state index in [0.29, 0.717) is 6.42 Å². The van der Waals surface area contributed by atoms with Crippen LogP contribution in [-0.4, -0.2) is 197 Å². The Morgan fingerprint density at radius 2 is 0.928 bits per heavy atom. The predicted octanol–water partition coefficient (Wildman–Crippen LogP) is -9.66. The summed E-state index contributed by atoms with van der Waals surface area (Å²) in [4.78, 5) is 188. The summed E-state index contributed by atoms with van der Waals surface area (Å²) in [7, 11) is 0. The molecule has 0 aliphatic rings. The van der Waals surface area contributed by atoms with E-state index in [1.165, 1.54) is 13.8 Å². The van der Waals surface area contributed by atoms with Crippen LogP contribution in [0.15, 0.2) is 9.98 Å². The van der Waals surface area contributed by atoms with Crippen LogP contribution < -0.4 is 93.3 Å². The van der Waals surface area contributed by atoms with E-state index in [1.807, 2.05) is 0 Å². The average Bonchev–Trinajstić information content (AvgIpc) is 3.42. The van der Waals surface area contributed by atoms with E-state index < -0.39 is 188 Å². The minimum Gasteiger partial charge on any atom is -0.481 e. The Kier molecular flexibility index (Phi) is 34.5. The van der Waals surface area contributed by atoms with Crippen molar-refractivity contribution in [2.24, 2.45) is 62.0 Å². The Labute approximate surface area is 477 Å². The van der Waals surface area contributed by atoms with E-state index in [2.05, 4.69) is 63.2 Å². The van der Waals surface area contributed by atoms with Crippen LogP contribution in [0.25, 0.3) is 0 Å². The van der Waals surface area contributed by atoms with Crippen molar-refractivity contribution in [2.75, 3.05) is 32.8 Å². The Bertz CT molecular complexity index is 2350. The maximum Gasteiger partial charge on any atom is 0.322 e. The lowest BCUT2D eigenvalue weighted by molar-refractivity contribution is -0.142. The summed E-state index contributed by atoms with van der Waals surface area (Å²) in [5.41, 5.74) is 38.0. The molecule has 0 bridgehead atoms. The molecular formula is C47H83N19O17. The number of carbonyl (C=O) groups is 14. The van der Waals surface area contributed by atoms with Gasteiger partial charge in [-0.1, -0.05) is 34.1 Å². The molecule has 36 heteroatoms. The van der Waals surface area contributed by atoms with Crippen LogP contribution in [0.5, 0.6) is 0 Å². The number of aliphatic carboxylic acids is 2. The maximum atomic E-state index is 14.1. The van der Waals surface area contributed by atoms with Gasteiger partial charge in [-0.15, -0.1) is 0 Å². The molecule has 0 heterocycles. The van der Waals surface area contributed by atoms with Crippen molar-refractivity contribution in [3.8, 4) is 0 Å². The van der Waals surface area contributed by atoms with Gasteiger partial charge in [-0.25, -0.2) is 0 Å². The zero-order chi connectivity index (χ0) is 63.7. The number of nitrogens with zero attached hydrogens (tertiary/aromatic N) is 2. The Hall–Kier alpha value is -8.96. The van der Waals surface area contributed by atoms with Gasteiger partial charge in [0.25, 0.3) is 0 Å². The molecule has 0 saturated carbocycles. The normalized spacial score (nSPS) is 14.4. The largest absolute Gasteiger partial charge is 0.481 e. The van der Waals surface area contributed by atoms with Gasteiger partial charge in [0.2, 0.25) is 70.9 Å². The first-order valence-electron chi connectivity index (χ1n) is 26.2. The van der Waals surface area contributed by atoms with E-state index in [1.54, 1.807) is 20.8 Å². The lowest BCUT2D eigenvalue weighted by atomic mass is 9.97. The number of rotatable bonds is 41. The molecular weight excluding hydrogens is 1100 g/mol. The number of hydrogen-bond donors (Lipinski definition) is 20. The van der Waals surface area contributed by atoms with Gasteiger partial charge in [0.05, 0.1) is 32.0 Å². The van der Waals surface area contributed by atoms with Crippen LogP contribution >= 0.6 is 0 Å². The topological polar surface area (TPSA) is 627 Å². The number of amides is 12. The van der Waals surface area contributed by atoms with E-state index in [9.17, 15) is 77.3 Å². The highest BCUT2D eigenvalue weighted by Crippen LogP contribution is 2.12. The third-order valence-corrected chi connectivity index (χ3v) is 11.8. The number of primary amides is 2. The molecule has 0 aromatic rings. The molecule has 0 aliphatic heterocycles. The zero-order valence-corrected chi connectivity index (χ0v) is 47.0. The molecule has 27 N–H and O–H groups in total. The standard InChI is InChI=1S/C47H83N19O17/c1-6-22(4)36(66-33(70)18-57-39(77)26(11-12-31(49)68)60-44(82)30(20-67)65-37(75)23(5)59-38(76)24(48)9-7-13-55-46(51)52)45(83)61-25(10-8-14-56-47(53)54)41(79)63-28(16-32(50)69)42(80)64-29(17-34(71)72)43(81)62-27(15-21(2)3)40(78)58-19-35(73)74/h21-30,36,67H,6-20,48H2,1-5H3,(H2,49,68)(H2,50,69)(H,57,77)(H,58,78)(H,59,76)(H,60,82)(H,61,83)(H,62,81)(H,63,79)(H,64,80)(H,65,75)(H,66,70)(H,71,72)(H,73,74)(H4,51,52,55)(H4,53,54,56)/t22-,23-,24-,25-,26-,27-,28-,29-,30-,36-/m0/s1. The molecule has 83 heavy (non-hydrogen) atoms. The number of carboxylic acids is 2. The molecule has 36 nitrogen and oxygen atoms in total. The van der Waals surface area contributed by atoms with Gasteiger partial charge in [-0.05, 0) is 57.3 Å². The maximum absolute atomic E-state index is 14.1. The lowest BCUT2D eigenvalue weighted by Crippen LogP contribution is -2.60. The SMILES string of the molecule is CC[C@H](C)[C@H](NC(=O)CNC(=O)[C@H](CCC(N)=O)NC(=O)[C@H](CO)NC(=O)[C@H](C)NC(=O)[C@@H](N)CCCN=C(N)N)C(=O)N[C@@H](CCCN=C(N)N)C(=O)N[C@@H](CC(N)=O)C(=O)N[C@@H](CC(=O)O)C(=O)N[C@@H](CC(C)C)C(=O)NCC(=O)O. The highest BCUT2D eigenvalue weighted by Gasteiger charge is 2.36. The van der Waals surface area contributed by atoms with Crippen LogP contribution in [0.1, 0.15) is 98.8 Å². The molecule has 12 amide bonds. The van der Waals surface area contributed by atoms with E-state index >= 15 is 0 Å². The molecule has 0 rings (SSSR count). The monoisotopic (exact) mass is 1190 g/mol. The molecule has 0 unspecified atom stereocenters. The van der Waals surface area contributed by atoms with Crippen molar-refractivity contribution in [1.29, 1.82) is 0 Å². The summed E-state index contributed by atoms with van der Waals surface area (Å²) < 4.78 is 0. The number of aliphatic hydroxyl groups is 1. The highest BCUT2D eigenvalue weighted by molar-refractivity contribution is 6.00. The number of nitrogens with one attached hydrogen (secondary N) is 10. The van der Waals surface area contributed by atoms with Gasteiger partial charge < -0.3 is 109 Å². The summed E-state index contributed by atoms with van der Waals surface area (Å²) in [5, 5.41) is 51.4. The molecule has 468 valence electrons. The Morgan fingerprint density at radius 3 is 1.42 bits per heavy atom. The van der Waals surface area contributed by atoms with Crippen molar-refractivity contribution < 1.29 is 82.4 Å². The highest BCUT2D eigenvalue weighted by atomic mass is 16.4. The van der Waals surface area contributed by atoms with Crippen LogP contribution in [-0.2, 0) is 67.1 Å². The number of hydrogen-bond acceptors (Lipinski definition) is 18. The van der Waals surface area contributed by atoms with Gasteiger partial charge in [0.15, 0.2) is 11.9 Å². The number of nitrogens with two attached hydrogens (primary N) is 7. The predicted molar refractivity (Wildman–Crippen MR) is 293 cm³/mol. The number of aliphatic hydroxyl groups excluding tert-OH is 1. The van der Waals surface area contributed by atoms with E-state index in [4.69, 9.17) is 45.2 Å². The van der Waals surface area contributed by atoms with Crippen LogP contribution in [0.2, 0.25) is 0 Å². The third kappa shape index (κ3) is 31.6. The van der Waals surface area contributed by atoms with Crippen molar-refractivity contribution in [2.45, 2.75) is 153 Å². The number of guanidine groups is 2. The molecule has 0 aromatic carbocycles. The second-order valence-electron chi connectivity index (χ2n) is 19.4. The lowest BCUT2D eigenvalue weighted by Gasteiger charge is -2.28. The molecule has 0 radical (unpaired) electrons. The Balaban J connectivity index is 6.46. The minimum absolute atomic E-state index is 0.0242. The summed E-state index contributed by atoms with van der Waals surface area (Å²) in [6.07, 6.45) is -2.66. The molecule has 0 saturated heterocycles. The number of carbonyl (C=O) groups excluding carboxylic acids is 12. The molecule has 10 atom stereocenters. The van der Waals surface area contributed by atoms with Crippen molar-refractivity contribution in [3.63, 3.8) is 0 Å². The van der Waals surface area contributed by atoms with Crippen molar-refractivity contribution in [1.82, 2.24) is 53.2 Å². The van der Waals surface area contributed by atoms with Gasteiger partial charge in [0.1, 0.15) is 54.9 Å². The summed E-state index contributed by atoms with van der Waals surface area (Å²) >= 11 is 0. The van der Waals surface area contributed by atoms with Crippen LogP contribution in [0, 0.1) is 11.8 Å². The smallest absolute Gasteiger partial charge is 0.322 e. The molecule has 0 spiro atoms. The number of aliphatic imine (C=N–C) groups is 2.